The molecule has 0 saturated heterocycles. The number of nitriles is 1. The van der Waals surface area contributed by atoms with Gasteiger partial charge in [-0.25, -0.2) is 0 Å². The van der Waals surface area contributed by atoms with Crippen LogP contribution in [0.4, 0.5) is 0 Å². The molecule has 0 unspecified atom stereocenters. The second-order valence-electron chi connectivity index (χ2n) is 4.00. The zero-order valence-corrected chi connectivity index (χ0v) is 9.79. The third kappa shape index (κ3) is 2.73. The summed E-state index contributed by atoms with van der Waals surface area (Å²) in [7, 11) is 0. The minimum absolute atomic E-state index is 0.142. The van der Waals surface area contributed by atoms with Crippen LogP contribution in [-0.2, 0) is 6.42 Å². The largest absolute Gasteiger partial charge is 0.490 e. The summed E-state index contributed by atoms with van der Waals surface area (Å²) in [5.41, 5.74) is 3.32. The van der Waals surface area contributed by atoms with Crippen LogP contribution in [0.1, 0.15) is 30.5 Å². The number of rotatable bonds is 3. The molecule has 0 N–H and O–H groups in total. The lowest BCUT2D eigenvalue weighted by Crippen LogP contribution is -2.09. The average molecular weight is 203 g/mol. The van der Waals surface area contributed by atoms with Crippen molar-refractivity contribution in [2.24, 2.45) is 0 Å². The first-order chi connectivity index (χ1) is 7.06. The molecule has 80 valence electrons. The standard InChI is InChI=1S/C13H17NO/c1-9(2)15-13-11(4)10(3)5-6-12(13)7-8-14/h5-6,9H,7H2,1-4H3. The highest BCUT2D eigenvalue weighted by atomic mass is 16.5. The van der Waals surface area contributed by atoms with Crippen LogP contribution in [0.15, 0.2) is 12.1 Å². The maximum atomic E-state index is 8.73. The van der Waals surface area contributed by atoms with E-state index in [2.05, 4.69) is 13.0 Å². The third-order valence-electron chi connectivity index (χ3n) is 2.38. The summed E-state index contributed by atoms with van der Waals surface area (Å²) in [6.07, 6.45) is 0.548. The molecule has 0 saturated carbocycles. The van der Waals surface area contributed by atoms with E-state index >= 15 is 0 Å². The summed E-state index contributed by atoms with van der Waals surface area (Å²) in [6, 6.07) is 6.18. The Morgan fingerprint density at radius 2 is 2.00 bits per heavy atom. The van der Waals surface area contributed by atoms with E-state index < -0.39 is 0 Å². The van der Waals surface area contributed by atoms with E-state index in [0.29, 0.717) is 6.42 Å². The lowest BCUT2D eigenvalue weighted by atomic mass is 10.0. The van der Waals surface area contributed by atoms with Crippen molar-refractivity contribution in [1.82, 2.24) is 0 Å². The molecule has 0 aliphatic rings. The molecule has 1 aromatic carbocycles. The molecule has 0 amide bonds. The lowest BCUT2D eigenvalue weighted by molar-refractivity contribution is 0.238. The van der Waals surface area contributed by atoms with Crippen molar-refractivity contribution in [3.8, 4) is 11.8 Å². The molecule has 15 heavy (non-hydrogen) atoms. The van der Waals surface area contributed by atoms with Crippen molar-refractivity contribution in [1.29, 1.82) is 5.26 Å². The van der Waals surface area contributed by atoms with Crippen LogP contribution in [0.25, 0.3) is 0 Å². The lowest BCUT2D eigenvalue weighted by Gasteiger charge is -2.17. The van der Waals surface area contributed by atoms with Crippen LogP contribution in [0.2, 0.25) is 0 Å². The van der Waals surface area contributed by atoms with Crippen molar-refractivity contribution in [3.05, 3.63) is 28.8 Å². The van der Waals surface area contributed by atoms with E-state index in [1.165, 1.54) is 5.56 Å². The molecule has 0 aliphatic carbocycles. The Balaban J connectivity index is 3.17. The number of hydrogen-bond acceptors (Lipinski definition) is 2. The Hall–Kier alpha value is -1.49. The topological polar surface area (TPSA) is 33.0 Å². The monoisotopic (exact) mass is 203 g/mol. The van der Waals surface area contributed by atoms with Gasteiger partial charge in [0.05, 0.1) is 18.6 Å². The van der Waals surface area contributed by atoms with Crippen molar-refractivity contribution >= 4 is 0 Å². The number of hydrogen-bond donors (Lipinski definition) is 0. The maximum Gasteiger partial charge on any atom is 0.127 e. The van der Waals surface area contributed by atoms with E-state index in [-0.39, 0.29) is 6.10 Å². The van der Waals surface area contributed by atoms with Crippen LogP contribution in [0.5, 0.6) is 5.75 Å². The average Bonchev–Trinajstić information content (AvgIpc) is 2.17. The van der Waals surface area contributed by atoms with E-state index in [4.69, 9.17) is 10.00 Å². The smallest absolute Gasteiger partial charge is 0.127 e. The van der Waals surface area contributed by atoms with Crippen LogP contribution in [0, 0.1) is 25.2 Å². The first kappa shape index (κ1) is 11.6. The molecule has 0 aromatic heterocycles. The summed E-state index contributed by atoms with van der Waals surface area (Å²) >= 11 is 0. The van der Waals surface area contributed by atoms with Gasteiger partial charge in [-0.1, -0.05) is 12.1 Å². The van der Waals surface area contributed by atoms with Crippen molar-refractivity contribution in [2.75, 3.05) is 0 Å². The highest BCUT2D eigenvalue weighted by Gasteiger charge is 2.10. The molecule has 2 nitrogen and oxygen atoms in total. The Bertz CT molecular complexity index is 388. The Labute approximate surface area is 91.5 Å². The molecule has 1 rings (SSSR count). The van der Waals surface area contributed by atoms with E-state index in [9.17, 15) is 0 Å². The third-order valence-corrected chi connectivity index (χ3v) is 2.38. The molecule has 0 spiro atoms. The Morgan fingerprint density at radius 1 is 1.33 bits per heavy atom. The number of nitrogens with zero attached hydrogens (tertiary/aromatic N) is 1. The van der Waals surface area contributed by atoms with Crippen molar-refractivity contribution in [3.63, 3.8) is 0 Å². The van der Waals surface area contributed by atoms with Gasteiger partial charge in [-0.05, 0) is 38.8 Å². The molecule has 0 aliphatic heterocycles. The van der Waals surface area contributed by atoms with E-state index in [1.54, 1.807) is 0 Å². The Morgan fingerprint density at radius 3 is 2.53 bits per heavy atom. The van der Waals surface area contributed by atoms with Gasteiger partial charge in [0, 0.05) is 5.56 Å². The maximum absolute atomic E-state index is 8.73. The summed E-state index contributed by atoms with van der Waals surface area (Å²) in [4.78, 5) is 0. The SMILES string of the molecule is Cc1ccc(CC#N)c(OC(C)C)c1C. The van der Waals surface area contributed by atoms with Gasteiger partial charge in [0.25, 0.3) is 0 Å². The van der Waals surface area contributed by atoms with Gasteiger partial charge < -0.3 is 4.74 Å². The summed E-state index contributed by atoms with van der Waals surface area (Å²) in [5, 5.41) is 8.73. The fourth-order valence-corrected chi connectivity index (χ4v) is 1.47. The first-order valence-electron chi connectivity index (χ1n) is 5.19. The van der Waals surface area contributed by atoms with Crippen molar-refractivity contribution in [2.45, 2.75) is 40.2 Å². The van der Waals surface area contributed by atoms with Gasteiger partial charge in [-0.15, -0.1) is 0 Å². The van der Waals surface area contributed by atoms with Gasteiger partial charge >= 0.3 is 0 Å². The molecule has 0 bridgehead atoms. The highest BCUT2D eigenvalue weighted by molar-refractivity contribution is 5.46. The molecule has 0 radical (unpaired) electrons. The molecule has 0 heterocycles. The molecule has 0 fully saturated rings. The van der Waals surface area contributed by atoms with Gasteiger partial charge in [-0.2, -0.15) is 5.26 Å². The zero-order valence-electron chi connectivity index (χ0n) is 9.79. The summed E-state index contributed by atoms with van der Waals surface area (Å²) < 4.78 is 5.76. The summed E-state index contributed by atoms with van der Waals surface area (Å²) in [6.45, 7) is 8.09. The molecular formula is C13H17NO. The van der Waals surface area contributed by atoms with Gasteiger partial charge in [0.15, 0.2) is 0 Å². The molecule has 0 atom stereocenters. The predicted molar refractivity (Wildman–Crippen MR) is 61.0 cm³/mol. The number of benzene rings is 1. The molecular weight excluding hydrogens is 186 g/mol. The van der Waals surface area contributed by atoms with Crippen LogP contribution < -0.4 is 4.74 Å². The van der Waals surface area contributed by atoms with Crippen LogP contribution in [0.3, 0.4) is 0 Å². The van der Waals surface area contributed by atoms with E-state index in [1.807, 2.05) is 32.9 Å². The fraction of sp³-hybridized carbons (Fsp3) is 0.462. The molecule has 2 heteroatoms. The van der Waals surface area contributed by atoms with Crippen LogP contribution >= 0.6 is 0 Å². The van der Waals surface area contributed by atoms with Crippen molar-refractivity contribution < 1.29 is 4.74 Å². The second-order valence-corrected chi connectivity index (χ2v) is 4.00. The first-order valence-corrected chi connectivity index (χ1v) is 5.19. The van der Waals surface area contributed by atoms with Gasteiger partial charge in [0.2, 0.25) is 0 Å². The predicted octanol–water partition coefficient (Wildman–Crippen LogP) is 3.16. The van der Waals surface area contributed by atoms with Crippen LogP contribution in [-0.4, -0.2) is 6.10 Å². The normalized spacial score (nSPS) is 10.1. The minimum Gasteiger partial charge on any atom is -0.490 e. The zero-order chi connectivity index (χ0) is 11.4. The quantitative estimate of drug-likeness (QED) is 0.756. The fourth-order valence-electron chi connectivity index (χ4n) is 1.47. The minimum atomic E-state index is 0.142. The van der Waals surface area contributed by atoms with Gasteiger partial charge in [0.1, 0.15) is 5.75 Å². The number of ether oxygens (including phenoxy) is 1. The number of aryl methyl sites for hydroxylation is 1. The van der Waals surface area contributed by atoms with E-state index in [0.717, 1.165) is 16.9 Å². The molecule has 1 aromatic rings. The highest BCUT2D eigenvalue weighted by Crippen LogP contribution is 2.27. The summed E-state index contributed by atoms with van der Waals surface area (Å²) in [5.74, 6) is 0.881. The Kier molecular flexibility index (Phi) is 3.74. The second kappa shape index (κ2) is 4.84. The van der Waals surface area contributed by atoms with Gasteiger partial charge in [-0.3, -0.25) is 0 Å².